The molecule has 0 amide bonds. The Morgan fingerprint density at radius 2 is 0.614 bits per heavy atom. The lowest BCUT2D eigenvalue weighted by molar-refractivity contribution is 0.384. The minimum Gasteiger partial charge on any atom is -0.246 e. The summed E-state index contributed by atoms with van der Waals surface area (Å²) in [4.78, 5) is 0. The molecule has 240 valence electrons. The zero-order valence-electron chi connectivity index (χ0n) is 26.9. The summed E-state index contributed by atoms with van der Waals surface area (Å²) in [6.45, 7) is 14.3. The van der Waals surface area contributed by atoms with Crippen molar-refractivity contribution >= 4 is 37.2 Å². The summed E-state index contributed by atoms with van der Waals surface area (Å²) in [5.41, 5.74) is 2.39. The number of fused-ring (bicyclic) bond motifs is 1. The van der Waals surface area contributed by atoms with Gasteiger partial charge < -0.3 is 0 Å². The van der Waals surface area contributed by atoms with Crippen LogP contribution in [0.1, 0.15) is 77.0 Å². The first-order valence-corrected chi connectivity index (χ1v) is 21.3. The van der Waals surface area contributed by atoms with Crippen molar-refractivity contribution in [1.82, 2.24) is 28.0 Å². The summed E-state index contributed by atoms with van der Waals surface area (Å²) in [6.07, 6.45) is 15.7. The second-order valence-electron chi connectivity index (χ2n) is 13.9. The van der Waals surface area contributed by atoms with Crippen molar-refractivity contribution in [2.24, 2.45) is 9.49 Å². The predicted octanol–water partition coefficient (Wildman–Crippen LogP) is 8.57. The predicted molar refractivity (Wildman–Crippen MR) is 187 cm³/mol. The lowest BCUT2D eigenvalue weighted by Crippen LogP contribution is -2.38. The molecule has 44 heavy (non-hydrogen) atoms. The quantitative estimate of drug-likeness (QED) is 0.271. The molecule has 0 radical (unpaired) electrons. The van der Waals surface area contributed by atoms with Gasteiger partial charge in [-0.15, -0.1) is 0 Å². The Labute approximate surface area is 266 Å². The maximum Gasteiger partial charge on any atom is 0.173 e. The highest BCUT2D eigenvalue weighted by Gasteiger charge is 2.45. The van der Waals surface area contributed by atoms with E-state index < -0.39 is 15.0 Å². The van der Waals surface area contributed by atoms with Crippen molar-refractivity contribution in [3.63, 3.8) is 0 Å². The molecule has 8 rings (SSSR count). The second kappa shape index (κ2) is 13.2. The van der Waals surface area contributed by atoms with Crippen LogP contribution in [0.2, 0.25) is 0 Å². The summed E-state index contributed by atoms with van der Waals surface area (Å²) >= 11 is 0. The molecular weight excluding hydrogens is 582 g/mol. The lowest BCUT2D eigenvalue weighted by Gasteiger charge is -2.46. The largest absolute Gasteiger partial charge is 0.246 e. The fourth-order valence-corrected chi connectivity index (χ4v) is 17.8. The van der Waals surface area contributed by atoms with Crippen LogP contribution in [0, 0.1) is 0 Å². The van der Waals surface area contributed by atoms with Gasteiger partial charge in [0.2, 0.25) is 0 Å². The van der Waals surface area contributed by atoms with Gasteiger partial charge in [0.1, 0.15) is 0 Å². The zero-order valence-corrected chi connectivity index (χ0v) is 28.7. The van der Waals surface area contributed by atoms with E-state index in [0.717, 1.165) is 0 Å². The molecule has 0 bridgehead atoms. The van der Waals surface area contributed by atoms with E-state index >= 15 is 0 Å². The first-order chi connectivity index (χ1) is 21.8. The van der Waals surface area contributed by atoms with Crippen molar-refractivity contribution in [3.05, 3.63) is 36.4 Å². The van der Waals surface area contributed by atoms with Gasteiger partial charge in [-0.2, -0.15) is 0 Å². The van der Waals surface area contributed by atoms with Crippen molar-refractivity contribution in [2.45, 2.75) is 77.0 Å². The van der Waals surface area contributed by atoms with E-state index in [4.69, 9.17) is 9.49 Å². The molecule has 6 saturated heterocycles. The minimum atomic E-state index is -2.04. The monoisotopic (exact) mass is 636 g/mol. The topological polar surface area (TPSA) is 44.2 Å². The molecule has 6 aliphatic heterocycles. The maximum absolute atomic E-state index is 6.15. The number of hydrogen-bond acceptors (Lipinski definition) is 2. The fraction of sp³-hybridized carbons (Fsp3) is 0.706. The van der Waals surface area contributed by atoms with E-state index in [-0.39, 0.29) is 0 Å². The molecule has 0 aromatic heterocycles. The Balaban J connectivity index is 1.37. The molecule has 0 unspecified atom stereocenters. The third-order valence-electron chi connectivity index (χ3n) is 11.1. The normalized spacial score (nSPS) is 25.7. The van der Waals surface area contributed by atoms with Gasteiger partial charge >= 0.3 is 0 Å². The highest BCUT2D eigenvalue weighted by Crippen LogP contribution is 2.67. The number of rotatable bonds is 8. The molecule has 6 aliphatic rings. The Hall–Kier alpha value is -1.08. The number of nitrogens with zero attached hydrogens (tertiary/aromatic N) is 8. The molecule has 8 nitrogen and oxygen atoms in total. The Morgan fingerprint density at radius 1 is 0.364 bits per heavy atom. The standard InChI is InChI=1S/C34H54N8P2/c1-2-20-37(19-1)43(38-21-3-4-22-38,39-23-5-6-24-39)35-32-17-13-15-31-16-14-18-33(34(31)32)36-44(40-25-7-8-26-40,41-27-9-10-28-41)42-29-11-12-30-42/h13-18H,1-12,19-30H2. The van der Waals surface area contributed by atoms with Crippen LogP contribution in [0.5, 0.6) is 0 Å². The third kappa shape index (κ3) is 5.30. The van der Waals surface area contributed by atoms with Crippen LogP contribution in [0.4, 0.5) is 11.4 Å². The van der Waals surface area contributed by atoms with Gasteiger partial charge in [-0.3, -0.25) is 0 Å². The molecule has 0 spiro atoms. The smallest absolute Gasteiger partial charge is 0.173 e. The molecule has 0 N–H and O–H groups in total. The summed E-state index contributed by atoms with van der Waals surface area (Å²) in [5, 5.41) is 2.61. The van der Waals surface area contributed by atoms with Crippen LogP contribution >= 0.6 is 15.0 Å². The lowest BCUT2D eigenvalue weighted by atomic mass is 10.1. The molecule has 6 fully saturated rings. The average molecular weight is 637 g/mol. The minimum absolute atomic E-state index is 1.19. The van der Waals surface area contributed by atoms with Crippen LogP contribution in [-0.2, 0) is 0 Å². The average Bonchev–Trinajstić information content (AvgIpc) is 3.91. The zero-order chi connectivity index (χ0) is 29.4. The van der Waals surface area contributed by atoms with Crippen molar-refractivity contribution in [1.29, 1.82) is 0 Å². The van der Waals surface area contributed by atoms with Gasteiger partial charge in [-0.1, -0.05) is 24.3 Å². The second-order valence-corrected chi connectivity index (χ2v) is 19.8. The van der Waals surface area contributed by atoms with E-state index in [1.165, 1.54) is 178 Å². The highest BCUT2D eigenvalue weighted by atomic mass is 31.2. The van der Waals surface area contributed by atoms with E-state index in [1.807, 2.05) is 0 Å². The maximum atomic E-state index is 6.15. The summed E-state index contributed by atoms with van der Waals surface area (Å²) in [7, 11) is -4.07. The molecule has 10 heteroatoms. The van der Waals surface area contributed by atoms with Gasteiger partial charge in [0, 0.05) is 83.9 Å². The molecule has 6 heterocycles. The molecule has 2 aromatic carbocycles. The molecular formula is C34H54N8P2. The molecule has 0 atom stereocenters. The van der Waals surface area contributed by atoms with E-state index in [1.54, 1.807) is 0 Å². The molecule has 0 aliphatic carbocycles. The first kappa shape index (κ1) is 30.3. The van der Waals surface area contributed by atoms with Gasteiger partial charge in [0.25, 0.3) is 0 Å². The number of hydrogen-bond donors (Lipinski definition) is 0. The van der Waals surface area contributed by atoms with Crippen LogP contribution < -0.4 is 0 Å². The highest BCUT2D eigenvalue weighted by molar-refractivity contribution is 7.59. The Morgan fingerprint density at radius 3 is 0.864 bits per heavy atom. The van der Waals surface area contributed by atoms with Crippen molar-refractivity contribution in [3.8, 4) is 0 Å². The van der Waals surface area contributed by atoms with Crippen LogP contribution in [0.25, 0.3) is 10.8 Å². The van der Waals surface area contributed by atoms with Crippen molar-refractivity contribution in [2.75, 3.05) is 78.5 Å². The van der Waals surface area contributed by atoms with Crippen molar-refractivity contribution < 1.29 is 0 Å². The van der Waals surface area contributed by atoms with Crippen LogP contribution in [-0.4, -0.2) is 107 Å². The Bertz CT molecular complexity index is 1210. The van der Waals surface area contributed by atoms with Gasteiger partial charge in [-0.05, 0) is 94.6 Å². The summed E-state index contributed by atoms with van der Waals surface area (Å²) in [5.74, 6) is 0. The van der Waals surface area contributed by atoms with Gasteiger partial charge in [0.15, 0.2) is 15.0 Å². The first-order valence-electron chi connectivity index (χ1n) is 18.1. The van der Waals surface area contributed by atoms with Crippen LogP contribution in [0.15, 0.2) is 45.9 Å². The summed E-state index contributed by atoms with van der Waals surface area (Å²) in [6, 6.07) is 13.9. The SMILES string of the molecule is c1cc(N=P(N2CCCC2)(N2CCCC2)N2CCCC2)c2c(N=P(N3CCCC3)(N3CCCC3)N3CCCC3)cccc2c1. The van der Waals surface area contributed by atoms with E-state index in [9.17, 15) is 0 Å². The van der Waals surface area contributed by atoms with Gasteiger partial charge in [-0.25, -0.2) is 37.5 Å². The number of benzene rings is 2. The fourth-order valence-electron chi connectivity index (χ4n) is 9.02. The third-order valence-corrected chi connectivity index (χ3v) is 19.0. The van der Waals surface area contributed by atoms with Gasteiger partial charge in [0.05, 0.1) is 11.4 Å². The summed E-state index contributed by atoms with van der Waals surface area (Å²) < 4.78 is 29.5. The van der Waals surface area contributed by atoms with Crippen LogP contribution in [0.3, 0.4) is 0 Å². The molecule has 0 saturated carbocycles. The molecule has 2 aromatic rings. The van der Waals surface area contributed by atoms with E-state index in [2.05, 4.69) is 64.4 Å². The Kier molecular flexibility index (Phi) is 9.08. The van der Waals surface area contributed by atoms with E-state index in [0.29, 0.717) is 0 Å².